The number of thiophene rings is 2. The van der Waals surface area contributed by atoms with Crippen LogP contribution in [0, 0.1) is 0 Å². The second-order valence-electron chi connectivity index (χ2n) is 6.24. The van der Waals surface area contributed by atoms with E-state index in [0.29, 0.717) is 16.3 Å². The number of benzene rings is 1. The first-order chi connectivity index (χ1) is 14.3. The highest BCUT2D eigenvalue weighted by atomic mass is 32.1. The molecule has 0 radical (unpaired) electrons. The Morgan fingerprint density at radius 1 is 1.20 bits per heavy atom. The van der Waals surface area contributed by atoms with Crippen LogP contribution >= 0.6 is 22.7 Å². The van der Waals surface area contributed by atoms with Gasteiger partial charge in [0.25, 0.3) is 5.91 Å². The number of halogens is 3. The van der Waals surface area contributed by atoms with Crippen molar-refractivity contribution < 1.29 is 22.7 Å². The van der Waals surface area contributed by atoms with Gasteiger partial charge in [-0.2, -0.15) is 13.2 Å². The predicted molar refractivity (Wildman–Crippen MR) is 113 cm³/mol. The Bertz CT molecular complexity index is 1220. The number of ether oxygens (including phenoxy) is 1. The van der Waals surface area contributed by atoms with Crippen molar-refractivity contribution in [2.75, 3.05) is 18.2 Å². The SMILES string of the molecule is COc1ccc(NC(=O)c2sc3nc(-c4cccs4)cc(C(F)(F)F)c3c2N)cc1. The number of nitrogen functional groups attached to an aromatic ring is 1. The van der Waals surface area contributed by atoms with Gasteiger partial charge in [0.2, 0.25) is 0 Å². The summed E-state index contributed by atoms with van der Waals surface area (Å²) in [6, 6.07) is 10.9. The fraction of sp³-hybridized carbons (Fsp3) is 0.100. The first-order valence-corrected chi connectivity index (χ1v) is 10.3. The molecule has 4 rings (SSSR count). The first kappa shape index (κ1) is 20.2. The van der Waals surface area contributed by atoms with E-state index < -0.39 is 17.6 Å². The molecule has 4 aromatic rings. The second kappa shape index (κ2) is 7.62. The minimum Gasteiger partial charge on any atom is -0.497 e. The summed E-state index contributed by atoms with van der Waals surface area (Å²) in [5.74, 6) is 0.000894. The Kier molecular flexibility index (Phi) is 5.12. The average molecular weight is 449 g/mol. The Morgan fingerprint density at radius 3 is 2.53 bits per heavy atom. The maximum Gasteiger partial charge on any atom is 0.417 e. The molecule has 154 valence electrons. The molecule has 3 aromatic heterocycles. The molecule has 0 unspecified atom stereocenters. The second-order valence-corrected chi connectivity index (χ2v) is 8.18. The standard InChI is InChI=1S/C20H14F3N3O2S2/c1-28-11-6-4-10(5-7-11)25-18(27)17-16(24)15-12(20(21,22)23)9-13(26-19(15)30-17)14-3-2-8-29-14/h2-9H,24H2,1H3,(H,25,27). The minimum absolute atomic E-state index is 0.0258. The molecule has 0 bridgehead atoms. The maximum atomic E-state index is 13.8. The van der Waals surface area contributed by atoms with E-state index in [0.717, 1.165) is 17.4 Å². The Hall–Kier alpha value is -3.11. The first-order valence-electron chi connectivity index (χ1n) is 8.57. The molecular formula is C20H14F3N3O2S2. The van der Waals surface area contributed by atoms with Gasteiger partial charge < -0.3 is 15.8 Å². The molecule has 3 heterocycles. The van der Waals surface area contributed by atoms with Gasteiger partial charge in [0, 0.05) is 11.1 Å². The Balaban J connectivity index is 1.79. The summed E-state index contributed by atoms with van der Waals surface area (Å²) >= 11 is 2.11. The Labute approximate surface area is 176 Å². The van der Waals surface area contributed by atoms with Gasteiger partial charge in [0.1, 0.15) is 15.5 Å². The number of rotatable bonds is 4. The summed E-state index contributed by atoms with van der Waals surface area (Å²) in [7, 11) is 1.52. The van der Waals surface area contributed by atoms with E-state index in [2.05, 4.69) is 10.3 Å². The van der Waals surface area contributed by atoms with Crippen LogP contribution in [0.25, 0.3) is 20.8 Å². The molecule has 0 atom stereocenters. The number of aromatic nitrogens is 1. The van der Waals surface area contributed by atoms with Crippen molar-refractivity contribution in [3.8, 4) is 16.3 Å². The van der Waals surface area contributed by atoms with E-state index in [1.807, 2.05) is 0 Å². The Morgan fingerprint density at radius 2 is 1.93 bits per heavy atom. The average Bonchev–Trinajstić information content (AvgIpc) is 3.36. The highest BCUT2D eigenvalue weighted by Gasteiger charge is 2.36. The van der Waals surface area contributed by atoms with Crippen LogP contribution in [0.15, 0.2) is 47.8 Å². The fourth-order valence-electron chi connectivity index (χ4n) is 2.93. The zero-order chi connectivity index (χ0) is 21.5. The number of carbonyl (C=O) groups excluding carboxylic acids is 1. The molecular weight excluding hydrogens is 435 g/mol. The van der Waals surface area contributed by atoms with Crippen molar-refractivity contribution in [3.05, 3.63) is 58.3 Å². The number of carbonyl (C=O) groups is 1. The molecule has 1 aromatic carbocycles. The number of methoxy groups -OCH3 is 1. The highest BCUT2D eigenvalue weighted by Crippen LogP contribution is 2.44. The number of alkyl halides is 3. The van der Waals surface area contributed by atoms with E-state index in [-0.39, 0.29) is 26.5 Å². The summed E-state index contributed by atoms with van der Waals surface area (Å²) in [4.78, 5) is 17.7. The lowest BCUT2D eigenvalue weighted by atomic mass is 10.1. The largest absolute Gasteiger partial charge is 0.497 e. The highest BCUT2D eigenvalue weighted by molar-refractivity contribution is 7.21. The summed E-state index contributed by atoms with van der Waals surface area (Å²) in [6.07, 6.45) is -4.65. The lowest BCUT2D eigenvalue weighted by molar-refractivity contribution is -0.136. The molecule has 3 N–H and O–H groups in total. The van der Waals surface area contributed by atoms with Crippen LogP contribution in [0.4, 0.5) is 24.5 Å². The number of hydrogen-bond acceptors (Lipinski definition) is 6. The lowest BCUT2D eigenvalue weighted by Gasteiger charge is -2.10. The van der Waals surface area contributed by atoms with E-state index in [4.69, 9.17) is 10.5 Å². The van der Waals surface area contributed by atoms with Gasteiger partial charge in [0.05, 0.1) is 28.9 Å². The molecule has 10 heteroatoms. The number of fused-ring (bicyclic) bond motifs is 1. The summed E-state index contributed by atoms with van der Waals surface area (Å²) < 4.78 is 46.3. The molecule has 0 aliphatic carbocycles. The van der Waals surface area contributed by atoms with Crippen molar-refractivity contribution in [1.82, 2.24) is 4.98 Å². The van der Waals surface area contributed by atoms with E-state index in [9.17, 15) is 18.0 Å². The number of amides is 1. The normalized spacial score (nSPS) is 11.6. The topological polar surface area (TPSA) is 77.2 Å². The minimum atomic E-state index is -4.65. The number of nitrogens with two attached hydrogens (primary N) is 1. The van der Waals surface area contributed by atoms with Gasteiger partial charge in [-0.3, -0.25) is 4.79 Å². The number of anilines is 2. The van der Waals surface area contributed by atoms with E-state index in [1.165, 1.54) is 18.4 Å². The third-order valence-corrected chi connectivity index (χ3v) is 6.32. The zero-order valence-electron chi connectivity index (χ0n) is 15.4. The van der Waals surface area contributed by atoms with Crippen molar-refractivity contribution in [3.63, 3.8) is 0 Å². The van der Waals surface area contributed by atoms with Gasteiger partial charge in [-0.05, 0) is 41.8 Å². The third kappa shape index (κ3) is 3.71. The molecule has 1 amide bonds. The number of pyridine rings is 1. The van der Waals surface area contributed by atoms with Crippen molar-refractivity contribution in [2.24, 2.45) is 0 Å². The maximum absolute atomic E-state index is 13.8. The van der Waals surface area contributed by atoms with Crippen LogP contribution in [-0.4, -0.2) is 18.0 Å². The summed E-state index contributed by atoms with van der Waals surface area (Å²) in [5, 5.41) is 4.14. The van der Waals surface area contributed by atoms with Crippen LogP contribution in [0.2, 0.25) is 0 Å². The number of nitrogens with zero attached hydrogens (tertiary/aromatic N) is 1. The molecule has 0 saturated heterocycles. The lowest BCUT2D eigenvalue weighted by Crippen LogP contribution is -2.12. The zero-order valence-corrected chi connectivity index (χ0v) is 17.0. The van der Waals surface area contributed by atoms with Crippen LogP contribution in [-0.2, 0) is 6.18 Å². The van der Waals surface area contributed by atoms with Crippen LogP contribution < -0.4 is 15.8 Å². The van der Waals surface area contributed by atoms with Crippen LogP contribution in [0.3, 0.4) is 0 Å². The van der Waals surface area contributed by atoms with Gasteiger partial charge in [-0.1, -0.05) is 6.07 Å². The van der Waals surface area contributed by atoms with Gasteiger partial charge in [0.15, 0.2) is 0 Å². The summed E-state index contributed by atoms with van der Waals surface area (Å²) in [5.41, 5.74) is 5.50. The number of nitrogens with one attached hydrogen (secondary N) is 1. The molecule has 5 nitrogen and oxygen atoms in total. The van der Waals surface area contributed by atoms with Crippen LogP contribution in [0.5, 0.6) is 5.75 Å². The van der Waals surface area contributed by atoms with Crippen LogP contribution in [0.1, 0.15) is 15.2 Å². The fourth-order valence-corrected chi connectivity index (χ4v) is 4.63. The van der Waals surface area contributed by atoms with Gasteiger partial charge in [-0.15, -0.1) is 22.7 Å². The summed E-state index contributed by atoms with van der Waals surface area (Å²) in [6.45, 7) is 0. The van der Waals surface area contributed by atoms with Gasteiger partial charge >= 0.3 is 6.18 Å². The van der Waals surface area contributed by atoms with Gasteiger partial charge in [-0.25, -0.2) is 4.98 Å². The quantitative estimate of drug-likeness (QED) is 0.407. The monoisotopic (exact) mass is 449 g/mol. The number of hydrogen-bond donors (Lipinski definition) is 2. The molecule has 0 aliphatic rings. The molecule has 0 fully saturated rings. The van der Waals surface area contributed by atoms with Crippen molar-refractivity contribution in [1.29, 1.82) is 0 Å². The van der Waals surface area contributed by atoms with E-state index >= 15 is 0 Å². The van der Waals surface area contributed by atoms with Crippen molar-refractivity contribution >= 4 is 50.2 Å². The predicted octanol–water partition coefficient (Wildman–Crippen LogP) is 5.89. The molecule has 30 heavy (non-hydrogen) atoms. The van der Waals surface area contributed by atoms with Crippen molar-refractivity contribution in [2.45, 2.75) is 6.18 Å². The molecule has 0 saturated carbocycles. The molecule has 0 aliphatic heterocycles. The molecule has 0 spiro atoms. The third-order valence-electron chi connectivity index (χ3n) is 4.33. The van der Waals surface area contributed by atoms with E-state index in [1.54, 1.807) is 41.8 Å². The smallest absolute Gasteiger partial charge is 0.417 e.